The van der Waals surface area contributed by atoms with Gasteiger partial charge in [-0.1, -0.05) is 47.6 Å². The van der Waals surface area contributed by atoms with Crippen LogP contribution >= 0.6 is 23.4 Å². The van der Waals surface area contributed by atoms with Gasteiger partial charge in [-0.05, 0) is 36.4 Å². The molecule has 0 atom stereocenters. The second kappa shape index (κ2) is 6.71. The summed E-state index contributed by atoms with van der Waals surface area (Å²) in [6.07, 6.45) is 0. The highest BCUT2D eigenvalue weighted by Gasteiger charge is 2.37. The molecule has 4 rings (SSSR count). The molecule has 0 spiro atoms. The predicted molar refractivity (Wildman–Crippen MR) is 104 cm³/mol. The van der Waals surface area contributed by atoms with Crippen molar-refractivity contribution >= 4 is 39.0 Å². The first-order valence-corrected chi connectivity index (χ1v) is 10.6. The lowest BCUT2D eigenvalue weighted by Gasteiger charge is -2.21. The number of hydrogen-bond acceptors (Lipinski definition) is 5. The van der Waals surface area contributed by atoms with E-state index in [1.165, 1.54) is 30.0 Å². The minimum atomic E-state index is -3.89. The molecule has 1 heterocycles. The molecule has 3 aromatic rings. The van der Waals surface area contributed by atoms with Gasteiger partial charge in [0.1, 0.15) is 10.6 Å². The molecule has 7 heteroatoms. The summed E-state index contributed by atoms with van der Waals surface area (Å²) in [5, 5.41) is 0.0475. The van der Waals surface area contributed by atoms with Crippen molar-refractivity contribution in [1.29, 1.82) is 0 Å². The number of rotatable bonds is 3. The molecule has 0 aliphatic carbocycles. The van der Waals surface area contributed by atoms with Crippen LogP contribution in [0.4, 0.5) is 0 Å². The van der Waals surface area contributed by atoms with Crippen molar-refractivity contribution < 1.29 is 17.9 Å². The van der Waals surface area contributed by atoms with E-state index in [4.69, 9.17) is 16.3 Å². The number of carbonyl (C=O) groups excluding carboxylic acids is 1. The molecule has 136 valence electrons. The number of carbonyl (C=O) groups is 1. The molecule has 0 N–H and O–H groups in total. The molecule has 0 saturated heterocycles. The minimum absolute atomic E-state index is 0.0103. The van der Waals surface area contributed by atoms with Gasteiger partial charge in [0.25, 0.3) is 0 Å². The normalized spacial score (nSPS) is 14.4. The first-order chi connectivity index (χ1) is 12.9. The highest BCUT2D eigenvalue weighted by atomic mass is 35.5. The fourth-order valence-electron chi connectivity index (χ4n) is 3.02. The largest absolute Gasteiger partial charge is 0.496 e. The molecular formula is C20H13ClO4S2. The molecule has 0 aromatic heterocycles. The summed E-state index contributed by atoms with van der Waals surface area (Å²) in [4.78, 5) is 14.0. The van der Waals surface area contributed by atoms with Crippen molar-refractivity contribution in [1.82, 2.24) is 0 Å². The van der Waals surface area contributed by atoms with E-state index in [1.807, 2.05) is 24.3 Å². The van der Waals surface area contributed by atoms with E-state index >= 15 is 0 Å². The van der Waals surface area contributed by atoms with Crippen molar-refractivity contribution in [3.05, 3.63) is 76.8 Å². The zero-order valence-corrected chi connectivity index (χ0v) is 16.5. The van der Waals surface area contributed by atoms with Gasteiger partial charge in [-0.2, -0.15) is 0 Å². The zero-order valence-electron chi connectivity index (χ0n) is 14.1. The monoisotopic (exact) mass is 416 g/mol. The fraction of sp³-hybridized carbons (Fsp3) is 0.0500. The second-order valence-electron chi connectivity index (χ2n) is 5.84. The Kier molecular flexibility index (Phi) is 4.50. The highest BCUT2D eigenvalue weighted by Crippen LogP contribution is 2.45. The third-order valence-electron chi connectivity index (χ3n) is 4.29. The van der Waals surface area contributed by atoms with Crippen LogP contribution in [0.1, 0.15) is 15.9 Å². The van der Waals surface area contributed by atoms with Gasteiger partial charge in [-0.15, -0.1) is 0 Å². The minimum Gasteiger partial charge on any atom is -0.496 e. The molecule has 27 heavy (non-hydrogen) atoms. The van der Waals surface area contributed by atoms with Crippen molar-refractivity contribution in [2.75, 3.05) is 7.11 Å². The summed E-state index contributed by atoms with van der Waals surface area (Å²) in [7, 11) is -2.33. The highest BCUT2D eigenvalue weighted by molar-refractivity contribution is 7.99. The Morgan fingerprint density at radius 1 is 0.889 bits per heavy atom. The molecule has 1 aliphatic heterocycles. The first-order valence-electron chi connectivity index (χ1n) is 7.97. The van der Waals surface area contributed by atoms with Gasteiger partial charge in [-0.25, -0.2) is 8.42 Å². The van der Waals surface area contributed by atoms with Crippen LogP contribution in [0.3, 0.4) is 0 Å². The van der Waals surface area contributed by atoms with E-state index in [2.05, 4.69) is 0 Å². The number of methoxy groups -OCH3 is 1. The molecule has 0 fully saturated rings. The molecule has 0 unspecified atom stereocenters. The van der Waals surface area contributed by atoms with Crippen LogP contribution in [0.2, 0.25) is 5.02 Å². The molecular weight excluding hydrogens is 404 g/mol. The number of sulfone groups is 1. The standard InChI is InChI=1S/C20H13ClO4S2/c1-25-14-7-3-4-8-15(14)26-16-11-10-13-19(22)12-6-2-5-9-17(12)27(23,24)20(13)18(16)21/h2-11H,1H3. The maximum absolute atomic E-state index is 13.1. The summed E-state index contributed by atoms with van der Waals surface area (Å²) < 4.78 is 31.6. The lowest BCUT2D eigenvalue weighted by atomic mass is 10.0. The van der Waals surface area contributed by atoms with E-state index in [9.17, 15) is 13.2 Å². The topological polar surface area (TPSA) is 60.4 Å². The van der Waals surface area contributed by atoms with Gasteiger partial charge in [0.2, 0.25) is 9.84 Å². The average molecular weight is 417 g/mol. The van der Waals surface area contributed by atoms with Gasteiger partial charge in [-0.3, -0.25) is 4.79 Å². The fourth-order valence-corrected chi connectivity index (χ4v) is 6.36. The van der Waals surface area contributed by atoms with Crippen molar-refractivity contribution in [3.8, 4) is 5.75 Å². The third-order valence-corrected chi connectivity index (χ3v) is 7.92. The number of halogens is 1. The first kappa shape index (κ1) is 18.1. The van der Waals surface area contributed by atoms with Crippen molar-refractivity contribution in [2.24, 2.45) is 0 Å². The SMILES string of the molecule is COc1ccccc1Sc1ccc2c(c1Cl)S(=O)(=O)c1ccccc1C2=O. The maximum Gasteiger partial charge on any atom is 0.209 e. The Morgan fingerprint density at radius 2 is 1.59 bits per heavy atom. The molecule has 0 amide bonds. The summed E-state index contributed by atoms with van der Waals surface area (Å²) in [5.41, 5.74) is 0.272. The number of ether oxygens (including phenoxy) is 1. The Bertz CT molecular complexity index is 1190. The molecule has 3 aromatic carbocycles. The van der Waals surface area contributed by atoms with Crippen LogP contribution in [0.15, 0.2) is 80.2 Å². The Hall–Kier alpha value is -2.28. The van der Waals surface area contributed by atoms with Crippen molar-refractivity contribution in [2.45, 2.75) is 19.6 Å². The van der Waals surface area contributed by atoms with E-state index in [0.29, 0.717) is 10.6 Å². The van der Waals surface area contributed by atoms with Crippen LogP contribution in [-0.2, 0) is 9.84 Å². The summed E-state index contributed by atoms with van der Waals surface area (Å²) in [6.45, 7) is 0. The lowest BCUT2D eigenvalue weighted by molar-refractivity contribution is 0.103. The van der Waals surface area contributed by atoms with Crippen LogP contribution in [0, 0.1) is 0 Å². The molecule has 0 bridgehead atoms. The molecule has 1 aliphatic rings. The third kappa shape index (κ3) is 2.84. The van der Waals surface area contributed by atoms with Crippen LogP contribution in [-0.4, -0.2) is 21.3 Å². The van der Waals surface area contributed by atoms with E-state index in [1.54, 1.807) is 25.3 Å². The van der Waals surface area contributed by atoms with E-state index in [0.717, 1.165) is 4.90 Å². The van der Waals surface area contributed by atoms with Gasteiger partial charge in [0.15, 0.2) is 5.78 Å². The van der Waals surface area contributed by atoms with Crippen molar-refractivity contribution in [3.63, 3.8) is 0 Å². The number of ketones is 1. The van der Waals surface area contributed by atoms with Gasteiger partial charge in [0.05, 0.1) is 21.9 Å². The lowest BCUT2D eigenvalue weighted by Crippen LogP contribution is -2.20. The van der Waals surface area contributed by atoms with Crippen LogP contribution in [0.5, 0.6) is 5.75 Å². The Morgan fingerprint density at radius 3 is 2.37 bits per heavy atom. The van der Waals surface area contributed by atoms with Crippen LogP contribution in [0.25, 0.3) is 0 Å². The number of para-hydroxylation sites is 1. The quantitative estimate of drug-likeness (QED) is 0.476. The Labute approximate surface area is 166 Å². The smallest absolute Gasteiger partial charge is 0.209 e. The number of hydrogen-bond donors (Lipinski definition) is 0. The predicted octanol–water partition coefficient (Wildman–Crippen LogP) is 4.88. The van der Waals surface area contributed by atoms with Gasteiger partial charge >= 0.3 is 0 Å². The molecule has 4 nitrogen and oxygen atoms in total. The average Bonchev–Trinajstić information content (AvgIpc) is 2.68. The summed E-state index contributed by atoms with van der Waals surface area (Å²) >= 11 is 7.78. The van der Waals surface area contributed by atoms with Gasteiger partial charge in [0, 0.05) is 16.0 Å². The summed E-state index contributed by atoms with van der Waals surface area (Å²) in [5.74, 6) is 0.312. The summed E-state index contributed by atoms with van der Waals surface area (Å²) in [6, 6.07) is 16.7. The number of fused-ring (bicyclic) bond motifs is 2. The number of benzene rings is 3. The second-order valence-corrected chi connectivity index (χ2v) is 9.15. The maximum atomic E-state index is 13.1. The Balaban J connectivity index is 1.89. The molecule has 0 radical (unpaired) electrons. The van der Waals surface area contributed by atoms with E-state index in [-0.39, 0.29) is 31.7 Å². The van der Waals surface area contributed by atoms with E-state index < -0.39 is 9.84 Å². The molecule has 0 saturated carbocycles. The zero-order chi connectivity index (χ0) is 19.2. The van der Waals surface area contributed by atoms with Gasteiger partial charge < -0.3 is 4.74 Å². The van der Waals surface area contributed by atoms with Crippen LogP contribution < -0.4 is 4.74 Å².